The maximum absolute atomic E-state index is 10.8. The van der Waals surface area contributed by atoms with Gasteiger partial charge in [0.25, 0.3) is 0 Å². The molecule has 78 valence electrons. The number of phenols is 1. The molecule has 0 aliphatic heterocycles. The average molecular weight is 237 g/mol. The highest BCUT2D eigenvalue weighted by molar-refractivity contribution is 8.13. The lowest BCUT2D eigenvalue weighted by Gasteiger charge is -2.06. The molecule has 0 aromatic heterocycles. The summed E-state index contributed by atoms with van der Waals surface area (Å²) in [6.45, 7) is 0. The SMILES string of the molecule is COc1cccc(CS(=O)(=O)Cl)c1O. The van der Waals surface area contributed by atoms with Crippen molar-refractivity contribution in [1.82, 2.24) is 0 Å². The summed E-state index contributed by atoms with van der Waals surface area (Å²) in [5, 5.41) is 9.50. The molecular formula is C8H9ClO4S. The van der Waals surface area contributed by atoms with Crippen LogP contribution < -0.4 is 4.74 Å². The van der Waals surface area contributed by atoms with Crippen LogP contribution in [0.2, 0.25) is 0 Å². The molecule has 0 fully saturated rings. The number of hydrogen-bond donors (Lipinski definition) is 1. The number of hydrogen-bond acceptors (Lipinski definition) is 4. The van der Waals surface area contributed by atoms with Gasteiger partial charge in [-0.1, -0.05) is 12.1 Å². The number of methoxy groups -OCH3 is 1. The third kappa shape index (κ3) is 2.78. The van der Waals surface area contributed by atoms with Gasteiger partial charge in [-0.15, -0.1) is 0 Å². The highest BCUT2D eigenvalue weighted by Gasteiger charge is 2.13. The maximum Gasteiger partial charge on any atom is 0.236 e. The van der Waals surface area contributed by atoms with Crippen LogP contribution in [-0.2, 0) is 14.8 Å². The van der Waals surface area contributed by atoms with E-state index in [1.165, 1.54) is 19.2 Å². The minimum Gasteiger partial charge on any atom is -0.504 e. The molecule has 0 unspecified atom stereocenters. The quantitative estimate of drug-likeness (QED) is 0.808. The zero-order valence-corrected chi connectivity index (χ0v) is 8.97. The molecule has 0 saturated heterocycles. The highest BCUT2D eigenvalue weighted by Crippen LogP contribution is 2.30. The van der Waals surface area contributed by atoms with E-state index < -0.39 is 14.8 Å². The fourth-order valence-corrected chi connectivity index (χ4v) is 1.99. The average Bonchev–Trinajstić information content (AvgIpc) is 2.06. The smallest absolute Gasteiger partial charge is 0.236 e. The van der Waals surface area contributed by atoms with Crippen molar-refractivity contribution < 1.29 is 18.3 Å². The summed E-state index contributed by atoms with van der Waals surface area (Å²) in [5.74, 6) is -0.389. The molecule has 0 aliphatic carbocycles. The van der Waals surface area contributed by atoms with Crippen molar-refractivity contribution in [3.63, 3.8) is 0 Å². The Morgan fingerprint density at radius 2 is 2.14 bits per heavy atom. The molecule has 0 radical (unpaired) electrons. The molecule has 1 aromatic rings. The molecule has 6 heteroatoms. The van der Waals surface area contributed by atoms with Gasteiger partial charge in [-0.2, -0.15) is 0 Å². The lowest BCUT2D eigenvalue weighted by Crippen LogP contribution is -1.96. The first kappa shape index (κ1) is 11.1. The summed E-state index contributed by atoms with van der Waals surface area (Å²) in [7, 11) is 2.77. The fourth-order valence-electron chi connectivity index (χ4n) is 1.03. The summed E-state index contributed by atoms with van der Waals surface area (Å²) in [6, 6.07) is 4.58. The van der Waals surface area contributed by atoms with Gasteiger partial charge in [-0.05, 0) is 6.07 Å². The molecule has 0 aliphatic rings. The van der Waals surface area contributed by atoms with E-state index in [1.54, 1.807) is 6.07 Å². The number of rotatable bonds is 3. The second-order valence-electron chi connectivity index (χ2n) is 2.65. The minimum atomic E-state index is -3.67. The molecule has 0 amide bonds. The molecule has 14 heavy (non-hydrogen) atoms. The summed E-state index contributed by atoms with van der Waals surface area (Å²) in [4.78, 5) is 0. The predicted octanol–water partition coefficient (Wildman–Crippen LogP) is 1.47. The van der Waals surface area contributed by atoms with Crippen LogP contribution in [0.3, 0.4) is 0 Å². The number of halogens is 1. The number of ether oxygens (including phenoxy) is 1. The molecular weight excluding hydrogens is 228 g/mol. The van der Waals surface area contributed by atoms with Gasteiger partial charge in [0.1, 0.15) is 0 Å². The summed E-state index contributed by atoms with van der Waals surface area (Å²) in [5.41, 5.74) is 0.222. The number of benzene rings is 1. The van der Waals surface area contributed by atoms with Crippen LogP contribution in [0.25, 0.3) is 0 Å². The van der Waals surface area contributed by atoms with Crippen molar-refractivity contribution in [2.45, 2.75) is 5.75 Å². The Morgan fingerprint density at radius 3 is 2.64 bits per heavy atom. The van der Waals surface area contributed by atoms with Crippen molar-refractivity contribution in [1.29, 1.82) is 0 Å². The number of para-hydroxylation sites is 1. The Hall–Kier alpha value is -0.940. The lowest BCUT2D eigenvalue weighted by atomic mass is 10.2. The van der Waals surface area contributed by atoms with Gasteiger partial charge in [0, 0.05) is 16.2 Å². The molecule has 1 aromatic carbocycles. The van der Waals surface area contributed by atoms with Gasteiger partial charge >= 0.3 is 0 Å². The molecule has 1 N–H and O–H groups in total. The molecule has 0 atom stereocenters. The van der Waals surface area contributed by atoms with Gasteiger partial charge in [0.2, 0.25) is 9.05 Å². The second kappa shape index (κ2) is 4.06. The molecule has 0 heterocycles. The van der Waals surface area contributed by atoms with Gasteiger partial charge < -0.3 is 9.84 Å². The number of phenolic OH excluding ortho intramolecular Hbond substituents is 1. The summed E-state index contributed by atoms with van der Waals surface area (Å²) >= 11 is 0. The largest absolute Gasteiger partial charge is 0.504 e. The second-order valence-corrected chi connectivity index (χ2v) is 5.43. The van der Waals surface area contributed by atoms with Crippen LogP contribution >= 0.6 is 10.7 Å². The van der Waals surface area contributed by atoms with E-state index in [0.717, 1.165) is 0 Å². The van der Waals surface area contributed by atoms with Crippen molar-refractivity contribution in [2.75, 3.05) is 7.11 Å². The Morgan fingerprint density at radius 1 is 1.50 bits per heavy atom. The van der Waals surface area contributed by atoms with Crippen molar-refractivity contribution in [3.8, 4) is 11.5 Å². The standard InChI is InChI=1S/C8H9ClO4S/c1-13-7-4-2-3-6(8(7)10)5-14(9,11)12/h2-4,10H,5H2,1H3. The first-order chi connectivity index (χ1) is 6.44. The van der Waals surface area contributed by atoms with Crippen molar-refractivity contribution in [3.05, 3.63) is 23.8 Å². The van der Waals surface area contributed by atoms with Gasteiger partial charge in [0.05, 0.1) is 12.9 Å². The highest BCUT2D eigenvalue weighted by atomic mass is 35.7. The molecule has 0 saturated carbocycles. The first-order valence-corrected chi connectivity index (χ1v) is 6.19. The Balaban J connectivity index is 3.10. The van der Waals surface area contributed by atoms with E-state index in [1.807, 2.05) is 0 Å². The van der Waals surface area contributed by atoms with E-state index in [2.05, 4.69) is 0 Å². The normalized spacial score (nSPS) is 11.3. The Kier molecular flexibility index (Phi) is 3.23. The lowest BCUT2D eigenvalue weighted by molar-refractivity contribution is 0.371. The van der Waals surface area contributed by atoms with Crippen molar-refractivity contribution in [2.24, 2.45) is 0 Å². The molecule has 1 rings (SSSR count). The van der Waals surface area contributed by atoms with Gasteiger partial charge in [-0.25, -0.2) is 8.42 Å². The van der Waals surface area contributed by atoms with E-state index >= 15 is 0 Å². The van der Waals surface area contributed by atoms with Gasteiger partial charge in [0.15, 0.2) is 11.5 Å². The van der Waals surface area contributed by atoms with E-state index in [0.29, 0.717) is 0 Å². The van der Waals surface area contributed by atoms with Crippen LogP contribution in [0, 0.1) is 0 Å². The van der Waals surface area contributed by atoms with Crippen LogP contribution in [0.15, 0.2) is 18.2 Å². The Bertz CT molecular complexity index is 427. The Labute approximate surface area is 86.5 Å². The number of aromatic hydroxyl groups is 1. The van der Waals surface area contributed by atoms with Crippen LogP contribution in [0.4, 0.5) is 0 Å². The van der Waals surface area contributed by atoms with Crippen LogP contribution in [0.5, 0.6) is 11.5 Å². The monoisotopic (exact) mass is 236 g/mol. The first-order valence-electron chi connectivity index (χ1n) is 3.71. The zero-order chi connectivity index (χ0) is 10.8. The summed E-state index contributed by atoms with van der Waals surface area (Å²) in [6.07, 6.45) is 0. The fraction of sp³-hybridized carbons (Fsp3) is 0.250. The van der Waals surface area contributed by atoms with E-state index in [-0.39, 0.29) is 17.1 Å². The van der Waals surface area contributed by atoms with Crippen LogP contribution in [0.1, 0.15) is 5.56 Å². The zero-order valence-electron chi connectivity index (χ0n) is 7.40. The summed E-state index contributed by atoms with van der Waals surface area (Å²) < 4.78 is 26.3. The third-order valence-corrected chi connectivity index (χ3v) is 2.61. The third-order valence-electron chi connectivity index (χ3n) is 1.63. The van der Waals surface area contributed by atoms with Crippen molar-refractivity contribution >= 4 is 19.7 Å². The minimum absolute atomic E-state index is 0.195. The predicted molar refractivity (Wildman–Crippen MR) is 53.1 cm³/mol. The van der Waals surface area contributed by atoms with Gasteiger partial charge in [-0.3, -0.25) is 0 Å². The van der Waals surface area contributed by atoms with E-state index in [4.69, 9.17) is 15.4 Å². The topological polar surface area (TPSA) is 63.6 Å². The van der Waals surface area contributed by atoms with Crippen LogP contribution in [-0.4, -0.2) is 20.6 Å². The maximum atomic E-state index is 10.8. The molecule has 0 bridgehead atoms. The van der Waals surface area contributed by atoms with E-state index in [9.17, 15) is 13.5 Å². The molecule has 4 nitrogen and oxygen atoms in total. The molecule has 0 spiro atoms.